The summed E-state index contributed by atoms with van der Waals surface area (Å²) in [6.45, 7) is 0.832. The van der Waals surface area contributed by atoms with Crippen LogP contribution in [0.4, 0.5) is 0 Å². The van der Waals surface area contributed by atoms with Crippen molar-refractivity contribution in [2.45, 2.75) is 73.8 Å². The van der Waals surface area contributed by atoms with Gasteiger partial charge in [-0.3, -0.25) is 9.69 Å². The van der Waals surface area contributed by atoms with Crippen molar-refractivity contribution in [3.8, 4) is 17.6 Å². The molecule has 0 radical (unpaired) electrons. The Kier molecular flexibility index (Phi) is 5.55. The van der Waals surface area contributed by atoms with E-state index in [1.807, 2.05) is 23.6 Å². The number of nitrogens with zero attached hydrogens (tertiary/aromatic N) is 3. The number of phenolic OH excluding ortho intramolecular Hbond substituents is 1. The van der Waals surface area contributed by atoms with Crippen LogP contribution in [0, 0.1) is 17.2 Å². The molecule has 2 saturated carbocycles. The fraction of sp³-hybridized carbons (Fsp3) is 0.517. The number of halogens is 1. The summed E-state index contributed by atoms with van der Waals surface area (Å²) in [5.74, 6) is 0.925. The Bertz CT molecular complexity index is 1400. The van der Waals surface area contributed by atoms with Gasteiger partial charge in [0, 0.05) is 46.0 Å². The average molecular weight is 597 g/mol. The van der Waals surface area contributed by atoms with Gasteiger partial charge in [0.25, 0.3) is 0 Å². The number of rotatable bonds is 5. The van der Waals surface area contributed by atoms with E-state index in [-0.39, 0.29) is 29.8 Å². The zero-order chi connectivity index (χ0) is 26.4. The van der Waals surface area contributed by atoms with Gasteiger partial charge in [-0.25, -0.2) is 0 Å². The molecule has 9 heteroatoms. The zero-order valence-corrected chi connectivity index (χ0v) is 23.5. The molecular weight excluding hydrogens is 566 g/mol. The first-order valence-corrected chi connectivity index (χ1v) is 15.0. The smallest absolute Gasteiger partial charge is 0.246 e. The Hall–Kier alpha value is -2.38. The number of thiophene rings is 1. The number of aliphatic hydroxyl groups is 1. The first kappa shape index (κ1) is 24.6. The van der Waals surface area contributed by atoms with Crippen LogP contribution >= 0.6 is 27.3 Å². The van der Waals surface area contributed by atoms with Crippen LogP contribution in [0.25, 0.3) is 6.08 Å². The van der Waals surface area contributed by atoms with Crippen LogP contribution in [-0.2, 0) is 16.6 Å². The van der Waals surface area contributed by atoms with Crippen molar-refractivity contribution in [1.29, 1.82) is 5.26 Å². The van der Waals surface area contributed by atoms with Crippen LogP contribution in [-0.4, -0.2) is 69.3 Å². The molecule has 38 heavy (non-hydrogen) atoms. The third-order valence-electron chi connectivity index (χ3n) is 9.76. The molecule has 198 valence electrons. The summed E-state index contributed by atoms with van der Waals surface area (Å²) < 4.78 is 7.57. The van der Waals surface area contributed by atoms with Gasteiger partial charge in [0.1, 0.15) is 6.10 Å². The van der Waals surface area contributed by atoms with E-state index < -0.39 is 17.1 Å². The monoisotopic (exact) mass is 595 g/mol. The van der Waals surface area contributed by atoms with Crippen molar-refractivity contribution in [2.24, 2.45) is 5.92 Å². The molecule has 3 heterocycles. The van der Waals surface area contributed by atoms with Crippen molar-refractivity contribution in [3.05, 3.63) is 50.1 Å². The Morgan fingerprint density at radius 3 is 2.92 bits per heavy atom. The molecular formula is C29H30BrN3O4S. The van der Waals surface area contributed by atoms with Gasteiger partial charge in [0.05, 0.1) is 29.2 Å². The minimum Gasteiger partial charge on any atom is -0.504 e. The van der Waals surface area contributed by atoms with E-state index in [0.717, 1.165) is 27.0 Å². The standard InChI is InChI=1S/C29H30BrN3O4S/c1-32(24(35)7-5-20-11-18(30)15-38-20)21-8-9-29(36)23-10-17-4-6-22(34)26-25(17)28(29,27(21)37-26)12-19(13-31)33(23)14-16-2-3-16/h4-7,11,15-16,19,21,23,27,34,36H,2-3,8-10,12,14H2,1H3/b7-5+/t19?,21?,23-,27?,28+,29-/m1/s1. The molecule has 1 aromatic carbocycles. The molecule has 1 spiro atoms. The Labute approximate surface area is 234 Å². The van der Waals surface area contributed by atoms with E-state index in [2.05, 4.69) is 26.9 Å². The van der Waals surface area contributed by atoms with Crippen molar-refractivity contribution in [1.82, 2.24) is 9.80 Å². The third kappa shape index (κ3) is 3.33. The van der Waals surface area contributed by atoms with Gasteiger partial charge < -0.3 is 19.8 Å². The minimum absolute atomic E-state index is 0.0538. The summed E-state index contributed by atoms with van der Waals surface area (Å²) in [5, 5.41) is 35.8. The first-order valence-electron chi connectivity index (χ1n) is 13.4. The average Bonchev–Trinajstić information content (AvgIpc) is 3.51. The van der Waals surface area contributed by atoms with Gasteiger partial charge in [-0.1, -0.05) is 6.07 Å². The second kappa shape index (κ2) is 8.56. The normalized spacial score (nSPS) is 35.0. The Morgan fingerprint density at radius 2 is 2.21 bits per heavy atom. The van der Waals surface area contributed by atoms with Crippen molar-refractivity contribution in [2.75, 3.05) is 13.6 Å². The summed E-state index contributed by atoms with van der Waals surface area (Å²) in [6, 6.07) is 7.30. The van der Waals surface area contributed by atoms with E-state index in [0.29, 0.717) is 37.4 Å². The van der Waals surface area contributed by atoms with Gasteiger partial charge in [0.2, 0.25) is 5.91 Å². The molecule has 3 aliphatic carbocycles. The lowest BCUT2D eigenvalue weighted by molar-refractivity contribution is -0.207. The molecule has 1 amide bonds. The number of nitriles is 1. The second-order valence-corrected chi connectivity index (χ2v) is 13.5. The quantitative estimate of drug-likeness (QED) is 0.503. The predicted molar refractivity (Wildman–Crippen MR) is 147 cm³/mol. The summed E-state index contributed by atoms with van der Waals surface area (Å²) in [5.41, 5.74) is -0.0348. The molecule has 2 bridgehead atoms. The molecule has 7 nitrogen and oxygen atoms in total. The molecule has 2 aromatic rings. The zero-order valence-electron chi connectivity index (χ0n) is 21.1. The summed E-state index contributed by atoms with van der Waals surface area (Å²) in [4.78, 5) is 18.3. The maximum Gasteiger partial charge on any atom is 0.246 e. The van der Waals surface area contributed by atoms with E-state index >= 15 is 0 Å². The van der Waals surface area contributed by atoms with E-state index in [1.165, 1.54) is 12.8 Å². The lowest BCUT2D eigenvalue weighted by atomic mass is 9.47. The molecule has 2 aliphatic heterocycles. The van der Waals surface area contributed by atoms with Crippen molar-refractivity contribution >= 4 is 39.2 Å². The fourth-order valence-corrected chi connectivity index (χ4v) is 9.20. The molecule has 1 saturated heterocycles. The molecule has 5 aliphatic rings. The van der Waals surface area contributed by atoms with Gasteiger partial charge in [0.15, 0.2) is 11.5 Å². The van der Waals surface area contributed by atoms with Crippen molar-refractivity contribution in [3.63, 3.8) is 0 Å². The number of phenols is 1. The van der Waals surface area contributed by atoms with Gasteiger partial charge in [-0.15, -0.1) is 11.3 Å². The lowest BCUT2D eigenvalue weighted by Gasteiger charge is -2.65. The molecule has 6 atom stereocenters. The SMILES string of the molecule is CN(C(=O)/C=C/c1cc(Br)cs1)C1CC[C@@]2(O)[C@H]3Cc4ccc(O)c5c4[C@@]2(CC(C#N)N3CC2CC2)C1O5. The highest BCUT2D eigenvalue weighted by Gasteiger charge is 2.75. The lowest BCUT2D eigenvalue weighted by Crippen LogP contribution is -2.79. The van der Waals surface area contributed by atoms with Crippen LogP contribution in [0.15, 0.2) is 34.1 Å². The number of carbonyl (C=O) groups is 1. The van der Waals surface area contributed by atoms with Crippen LogP contribution in [0.5, 0.6) is 11.5 Å². The van der Waals surface area contributed by atoms with Gasteiger partial charge in [-0.2, -0.15) is 5.26 Å². The highest BCUT2D eigenvalue weighted by Crippen LogP contribution is 2.66. The highest BCUT2D eigenvalue weighted by atomic mass is 79.9. The predicted octanol–water partition coefficient (Wildman–Crippen LogP) is 4.21. The Balaban J connectivity index is 1.30. The largest absolute Gasteiger partial charge is 0.504 e. The molecule has 7 rings (SSSR count). The van der Waals surface area contributed by atoms with E-state index in [1.54, 1.807) is 35.4 Å². The van der Waals surface area contributed by atoms with Crippen LogP contribution in [0.1, 0.15) is 48.1 Å². The number of amides is 1. The second-order valence-electron chi connectivity index (χ2n) is 11.6. The van der Waals surface area contributed by atoms with Gasteiger partial charge in [-0.05, 0) is 84.1 Å². The van der Waals surface area contributed by atoms with Crippen LogP contribution in [0.2, 0.25) is 0 Å². The first-order chi connectivity index (χ1) is 18.3. The number of hydrogen-bond acceptors (Lipinski definition) is 7. The maximum absolute atomic E-state index is 13.4. The summed E-state index contributed by atoms with van der Waals surface area (Å²) in [6.07, 6.45) is 7.35. The molecule has 3 unspecified atom stereocenters. The minimum atomic E-state index is -1.11. The molecule has 1 aromatic heterocycles. The van der Waals surface area contributed by atoms with Gasteiger partial charge >= 0.3 is 0 Å². The Morgan fingerprint density at radius 1 is 1.39 bits per heavy atom. The fourth-order valence-electron chi connectivity index (χ4n) is 7.86. The number of ether oxygens (including phenoxy) is 1. The summed E-state index contributed by atoms with van der Waals surface area (Å²) >= 11 is 5.01. The summed E-state index contributed by atoms with van der Waals surface area (Å²) in [7, 11) is 1.79. The number of aromatic hydroxyl groups is 1. The number of hydrogen-bond donors (Lipinski definition) is 2. The molecule has 3 fully saturated rings. The third-order valence-corrected chi connectivity index (χ3v) is 11.4. The number of carbonyl (C=O) groups excluding carboxylic acids is 1. The highest BCUT2D eigenvalue weighted by molar-refractivity contribution is 9.10. The topological polar surface area (TPSA) is 97.0 Å². The molecule has 2 N–H and O–H groups in total. The number of likely N-dealkylation sites (N-methyl/N-ethyl adjacent to an activating group) is 1. The van der Waals surface area contributed by atoms with Crippen LogP contribution < -0.4 is 4.74 Å². The number of benzene rings is 1. The number of piperidine rings is 1. The van der Waals surface area contributed by atoms with Crippen molar-refractivity contribution < 1.29 is 19.7 Å². The maximum atomic E-state index is 13.4. The van der Waals surface area contributed by atoms with E-state index in [4.69, 9.17) is 4.74 Å². The van der Waals surface area contributed by atoms with Crippen LogP contribution in [0.3, 0.4) is 0 Å². The van der Waals surface area contributed by atoms with E-state index in [9.17, 15) is 20.3 Å². The number of likely N-dealkylation sites (tertiary alicyclic amines) is 1.